The van der Waals surface area contributed by atoms with E-state index in [4.69, 9.17) is 5.11 Å². The number of hydrogen-bond donors (Lipinski definition) is 1. The smallest absolute Gasteiger partial charge is 0.0558 e. The van der Waals surface area contributed by atoms with E-state index in [1.54, 1.807) is 0 Å². The highest BCUT2D eigenvalue weighted by atomic mass is 79.9. The third-order valence-corrected chi connectivity index (χ3v) is 4.46. The molecule has 1 N–H and O–H groups in total. The van der Waals surface area contributed by atoms with Gasteiger partial charge in [-0.15, -0.1) is 0 Å². The van der Waals surface area contributed by atoms with Crippen LogP contribution < -0.4 is 0 Å². The van der Waals surface area contributed by atoms with E-state index in [0.717, 1.165) is 25.0 Å². The van der Waals surface area contributed by atoms with Gasteiger partial charge in [0, 0.05) is 18.4 Å². The zero-order valence-corrected chi connectivity index (χ0v) is 12.7. The lowest BCUT2D eigenvalue weighted by Gasteiger charge is -2.36. The first-order valence-electron chi connectivity index (χ1n) is 6.57. The Balaban J connectivity index is 4.46. The lowest BCUT2D eigenvalue weighted by molar-refractivity contribution is 0.128. The molecule has 0 fully saturated rings. The minimum absolute atomic E-state index is 0.268. The number of aliphatic hydroxyl groups is 1. The van der Waals surface area contributed by atoms with Crippen LogP contribution in [-0.4, -0.2) is 41.6 Å². The van der Waals surface area contributed by atoms with Crippen LogP contribution in [0.2, 0.25) is 0 Å². The van der Waals surface area contributed by atoms with Crippen LogP contribution in [0.5, 0.6) is 0 Å². The molecule has 0 saturated heterocycles. The maximum atomic E-state index is 9.04. The van der Waals surface area contributed by atoms with Gasteiger partial charge in [-0.1, -0.05) is 49.5 Å². The molecule has 0 aliphatic rings. The summed E-state index contributed by atoms with van der Waals surface area (Å²) in [6.07, 6.45) is 5.02. The van der Waals surface area contributed by atoms with Crippen LogP contribution in [0.25, 0.3) is 0 Å². The second-order valence-corrected chi connectivity index (χ2v) is 5.29. The lowest BCUT2D eigenvalue weighted by atomic mass is 9.80. The molecule has 0 aliphatic carbocycles. The average Bonchev–Trinajstić information content (AvgIpc) is 2.29. The first kappa shape index (κ1) is 16.4. The molecule has 0 aromatic heterocycles. The highest BCUT2D eigenvalue weighted by molar-refractivity contribution is 9.09. The second-order valence-electron chi connectivity index (χ2n) is 4.73. The van der Waals surface area contributed by atoms with E-state index >= 15 is 0 Å². The number of rotatable bonds is 10. The van der Waals surface area contributed by atoms with Crippen LogP contribution in [0.4, 0.5) is 0 Å². The van der Waals surface area contributed by atoms with Gasteiger partial charge >= 0.3 is 0 Å². The third kappa shape index (κ3) is 5.65. The standard InChI is InChI=1S/C13H28BrNO/c1-4-7-13(11-14,8-5-2)12-15(6-3)9-10-16/h16H,4-12H2,1-3H3. The molecule has 3 heteroatoms. The number of hydrogen-bond acceptors (Lipinski definition) is 2. The molecular weight excluding hydrogens is 266 g/mol. The fraction of sp³-hybridized carbons (Fsp3) is 1.00. The Kier molecular flexibility index (Phi) is 9.67. The summed E-state index contributed by atoms with van der Waals surface area (Å²) < 4.78 is 0. The molecule has 0 aromatic carbocycles. The van der Waals surface area contributed by atoms with Gasteiger partial charge in [-0.25, -0.2) is 0 Å². The molecule has 0 heterocycles. The Bertz CT molecular complexity index is 158. The lowest BCUT2D eigenvalue weighted by Crippen LogP contribution is -2.40. The number of alkyl halides is 1. The van der Waals surface area contributed by atoms with Crippen molar-refractivity contribution in [2.24, 2.45) is 5.41 Å². The van der Waals surface area contributed by atoms with Gasteiger partial charge in [0.1, 0.15) is 0 Å². The molecule has 0 bridgehead atoms. The van der Waals surface area contributed by atoms with Crippen LogP contribution in [0.1, 0.15) is 46.5 Å². The quantitative estimate of drug-likeness (QED) is 0.625. The molecule has 2 nitrogen and oxygen atoms in total. The van der Waals surface area contributed by atoms with Crippen molar-refractivity contribution in [3.05, 3.63) is 0 Å². The van der Waals surface area contributed by atoms with Crippen LogP contribution in [0.15, 0.2) is 0 Å². The molecule has 0 unspecified atom stereocenters. The summed E-state index contributed by atoms with van der Waals surface area (Å²) in [5, 5.41) is 10.1. The Labute approximate surface area is 110 Å². The summed E-state index contributed by atoms with van der Waals surface area (Å²) in [5.41, 5.74) is 0.397. The van der Waals surface area contributed by atoms with Crippen molar-refractivity contribution in [3.63, 3.8) is 0 Å². The predicted molar refractivity (Wildman–Crippen MR) is 75.2 cm³/mol. The Morgan fingerprint density at radius 2 is 1.69 bits per heavy atom. The molecule has 0 atom stereocenters. The largest absolute Gasteiger partial charge is 0.395 e. The van der Waals surface area contributed by atoms with Gasteiger partial charge < -0.3 is 10.0 Å². The minimum atomic E-state index is 0.268. The minimum Gasteiger partial charge on any atom is -0.395 e. The average molecular weight is 294 g/mol. The molecule has 0 amide bonds. The van der Waals surface area contributed by atoms with E-state index in [1.165, 1.54) is 25.7 Å². The summed E-state index contributed by atoms with van der Waals surface area (Å²) >= 11 is 3.69. The van der Waals surface area contributed by atoms with Gasteiger partial charge in [-0.3, -0.25) is 0 Å². The van der Waals surface area contributed by atoms with Crippen molar-refractivity contribution < 1.29 is 5.11 Å². The van der Waals surface area contributed by atoms with E-state index in [1.807, 2.05) is 0 Å². The van der Waals surface area contributed by atoms with Crippen LogP contribution in [0.3, 0.4) is 0 Å². The topological polar surface area (TPSA) is 23.5 Å². The van der Waals surface area contributed by atoms with Crippen LogP contribution in [-0.2, 0) is 0 Å². The molecular formula is C13H28BrNO. The van der Waals surface area contributed by atoms with E-state index in [-0.39, 0.29) is 6.61 Å². The molecule has 0 aliphatic heterocycles. The maximum absolute atomic E-state index is 9.04. The predicted octanol–water partition coefficient (Wildman–Crippen LogP) is 3.28. The van der Waals surface area contributed by atoms with Crippen LogP contribution >= 0.6 is 15.9 Å². The molecule has 0 aromatic rings. The van der Waals surface area contributed by atoms with Crippen molar-refractivity contribution >= 4 is 15.9 Å². The van der Waals surface area contributed by atoms with Crippen molar-refractivity contribution in [1.82, 2.24) is 4.90 Å². The molecule has 0 rings (SSSR count). The van der Waals surface area contributed by atoms with Crippen molar-refractivity contribution in [2.45, 2.75) is 46.5 Å². The number of aliphatic hydroxyl groups excluding tert-OH is 1. The Hall–Kier alpha value is 0.400. The fourth-order valence-electron chi connectivity index (χ4n) is 2.48. The molecule has 0 radical (unpaired) electrons. The van der Waals surface area contributed by atoms with Crippen LogP contribution in [0, 0.1) is 5.41 Å². The van der Waals surface area contributed by atoms with Gasteiger partial charge in [0.25, 0.3) is 0 Å². The van der Waals surface area contributed by atoms with Gasteiger partial charge in [-0.05, 0) is 24.8 Å². The number of nitrogens with zero attached hydrogens (tertiary/aromatic N) is 1. The summed E-state index contributed by atoms with van der Waals surface area (Å²) in [5.74, 6) is 0. The normalized spacial score (nSPS) is 12.4. The van der Waals surface area contributed by atoms with E-state index in [9.17, 15) is 0 Å². The third-order valence-electron chi connectivity index (χ3n) is 3.27. The molecule has 0 saturated carbocycles. The number of halogens is 1. The van der Waals surface area contributed by atoms with Gasteiger partial charge in [-0.2, -0.15) is 0 Å². The van der Waals surface area contributed by atoms with Gasteiger partial charge in [0.05, 0.1) is 6.61 Å². The SMILES string of the molecule is CCCC(CBr)(CCC)CN(CC)CCO. The van der Waals surface area contributed by atoms with E-state index < -0.39 is 0 Å². The molecule has 0 spiro atoms. The number of likely N-dealkylation sites (N-methyl/N-ethyl adjacent to an activating group) is 1. The Morgan fingerprint density at radius 1 is 1.12 bits per heavy atom. The Morgan fingerprint density at radius 3 is 2.00 bits per heavy atom. The van der Waals surface area contributed by atoms with Gasteiger partial charge in [0.15, 0.2) is 0 Å². The van der Waals surface area contributed by atoms with E-state index in [0.29, 0.717) is 5.41 Å². The second kappa shape index (κ2) is 9.43. The zero-order valence-electron chi connectivity index (χ0n) is 11.1. The first-order valence-corrected chi connectivity index (χ1v) is 7.69. The first-order chi connectivity index (χ1) is 7.67. The summed E-state index contributed by atoms with van der Waals surface area (Å²) in [6, 6.07) is 0. The van der Waals surface area contributed by atoms with E-state index in [2.05, 4.69) is 41.6 Å². The van der Waals surface area contributed by atoms with Gasteiger partial charge in [0.2, 0.25) is 0 Å². The zero-order chi connectivity index (χ0) is 12.4. The van der Waals surface area contributed by atoms with Crippen molar-refractivity contribution in [1.29, 1.82) is 0 Å². The maximum Gasteiger partial charge on any atom is 0.0558 e. The monoisotopic (exact) mass is 293 g/mol. The summed E-state index contributed by atoms with van der Waals surface area (Å²) in [4.78, 5) is 2.37. The van der Waals surface area contributed by atoms with Crippen molar-refractivity contribution in [2.75, 3.05) is 31.6 Å². The fourth-order valence-corrected chi connectivity index (χ4v) is 3.22. The summed E-state index contributed by atoms with van der Waals surface area (Å²) in [6.45, 7) is 9.90. The molecule has 16 heavy (non-hydrogen) atoms. The summed E-state index contributed by atoms with van der Waals surface area (Å²) in [7, 11) is 0. The highest BCUT2D eigenvalue weighted by Crippen LogP contribution is 2.33. The highest BCUT2D eigenvalue weighted by Gasteiger charge is 2.28. The van der Waals surface area contributed by atoms with Crippen molar-refractivity contribution in [3.8, 4) is 0 Å². The molecule has 98 valence electrons.